The molecule has 0 radical (unpaired) electrons. The molecule has 1 N–H and O–H groups in total. The maximum atomic E-state index is 12.6. The van der Waals surface area contributed by atoms with Crippen LogP contribution < -0.4 is 5.32 Å². The van der Waals surface area contributed by atoms with Crippen LogP contribution in [0, 0.1) is 0 Å². The molecule has 4 rings (SSSR count). The quantitative estimate of drug-likeness (QED) is 0.804. The lowest BCUT2D eigenvalue weighted by molar-refractivity contribution is -0.136. The lowest BCUT2D eigenvalue weighted by Gasteiger charge is -2.22. The number of benzene rings is 1. The van der Waals surface area contributed by atoms with Crippen molar-refractivity contribution in [3.05, 3.63) is 41.6 Å². The molecule has 1 aromatic carbocycles. The summed E-state index contributed by atoms with van der Waals surface area (Å²) in [7, 11) is 1.93. The molecule has 140 valence electrons. The summed E-state index contributed by atoms with van der Waals surface area (Å²) in [5, 5.41) is 7.12. The van der Waals surface area contributed by atoms with Crippen LogP contribution in [0.25, 0.3) is 11.3 Å². The molecule has 0 bridgehead atoms. The van der Waals surface area contributed by atoms with Gasteiger partial charge in [-0.3, -0.25) is 19.2 Å². The van der Waals surface area contributed by atoms with Gasteiger partial charge in [-0.25, -0.2) is 4.79 Å². The topological polar surface area (TPSA) is 87.5 Å². The van der Waals surface area contributed by atoms with Crippen molar-refractivity contribution in [2.24, 2.45) is 7.05 Å². The normalized spacial score (nSPS) is 16.9. The van der Waals surface area contributed by atoms with Crippen molar-refractivity contribution in [2.45, 2.75) is 12.8 Å². The Labute approximate surface area is 156 Å². The number of hydrogen-bond acceptors (Lipinski definition) is 4. The summed E-state index contributed by atoms with van der Waals surface area (Å²) >= 11 is 0. The van der Waals surface area contributed by atoms with E-state index in [-0.39, 0.29) is 24.9 Å². The smallest absolute Gasteiger partial charge is 0.325 e. The fourth-order valence-corrected chi connectivity index (χ4v) is 3.71. The Morgan fingerprint density at radius 3 is 2.59 bits per heavy atom. The number of amides is 4. The van der Waals surface area contributed by atoms with Crippen LogP contribution in [-0.2, 0) is 29.5 Å². The number of carbonyl (C=O) groups is 3. The van der Waals surface area contributed by atoms with Gasteiger partial charge < -0.3 is 10.2 Å². The maximum absolute atomic E-state index is 12.6. The van der Waals surface area contributed by atoms with Gasteiger partial charge in [0.2, 0.25) is 5.91 Å². The highest BCUT2D eigenvalue weighted by atomic mass is 16.2. The van der Waals surface area contributed by atoms with Crippen molar-refractivity contribution < 1.29 is 14.4 Å². The van der Waals surface area contributed by atoms with Crippen LogP contribution >= 0.6 is 0 Å². The van der Waals surface area contributed by atoms with E-state index < -0.39 is 6.03 Å². The van der Waals surface area contributed by atoms with E-state index >= 15 is 0 Å². The van der Waals surface area contributed by atoms with E-state index in [1.165, 1.54) is 0 Å². The van der Waals surface area contributed by atoms with Crippen molar-refractivity contribution in [1.29, 1.82) is 0 Å². The molecule has 27 heavy (non-hydrogen) atoms. The Morgan fingerprint density at radius 2 is 1.89 bits per heavy atom. The van der Waals surface area contributed by atoms with Crippen molar-refractivity contribution >= 4 is 17.8 Å². The van der Waals surface area contributed by atoms with Gasteiger partial charge in [-0.2, -0.15) is 5.10 Å². The summed E-state index contributed by atoms with van der Waals surface area (Å²) in [5.74, 6) is -0.565. The van der Waals surface area contributed by atoms with Gasteiger partial charge in [0, 0.05) is 43.4 Å². The summed E-state index contributed by atoms with van der Waals surface area (Å²) in [6.45, 7) is 0.846. The molecular formula is C19H21N5O3. The van der Waals surface area contributed by atoms with Gasteiger partial charge >= 0.3 is 6.03 Å². The largest absolute Gasteiger partial charge is 0.340 e. The van der Waals surface area contributed by atoms with Crippen LogP contribution in [0.1, 0.15) is 11.3 Å². The summed E-state index contributed by atoms with van der Waals surface area (Å²) in [6, 6.07) is 9.52. The predicted octanol–water partition coefficient (Wildman–Crippen LogP) is 0.566. The second-order valence-corrected chi connectivity index (χ2v) is 6.78. The first-order chi connectivity index (χ1) is 13.0. The van der Waals surface area contributed by atoms with E-state index in [1.54, 1.807) is 4.90 Å². The summed E-state index contributed by atoms with van der Waals surface area (Å²) < 4.78 is 1.89. The SMILES string of the molecule is Cn1nc(-c2ccccc2)c2c1CCN(C(=O)CN1C(=O)CNC1=O)CC2. The maximum Gasteiger partial charge on any atom is 0.325 e. The third kappa shape index (κ3) is 3.18. The average Bonchev–Trinajstić information content (AvgIpc) is 3.05. The van der Waals surface area contributed by atoms with Gasteiger partial charge in [0.25, 0.3) is 5.91 Å². The van der Waals surface area contributed by atoms with Gasteiger partial charge in [-0.15, -0.1) is 0 Å². The first-order valence-electron chi connectivity index (χ1n) is 9.00. The molecule has 2 aliphatic heterocycles. The molecule has 8 nitrogen and oxygen atoms in total. The number of carbonyl (C=O) groups excluding carboxylic acids is 3. The number of nitrogens with zero attached hydrogens (tertiary/aromatic N) is 4. The third-order valence-electron chi connectivity index (χ3n) is 5.16. The zero-order chi connectivity index (χ0) is 19.0. The second-order valence-electron chi connectivity index (χ2n) is 6.78. The van der Waals surface area contributed by atoms with Crippen molar-refractivity contribution in [1.82, 2.24) is 24.9 Å². The summed E-state index contributed by atoms with van der Waals surface area (Å²) in [5.41, 5.74) is 4.30. The molecule has 1 saturated heterocycles. The first kappa shape index (κ1) is 17.3. The molecule has 0 aliphatic carbocycles. The number of urea groups is 1. The fourth-order valence-electron chi connectivity index (χ4n) is 3.71. The van der Waals surface area contributed by atoms with Crippen LogP contribution in [0.2, 0.25) is 0 Å². The molecule has 2 aromatic rings. The van der Waals surface area contributed by atoms with E-state index in [0.29, 0.717) is 25.9 Å². The Bertz CT molecular complexity index is 890. The number of aromatic nitrogens is 2. The number of fused-ring (bicyclic) bond motifs is 1. The number of hydrogen-bond donors (Lipinski definition) is 1. The van der Waals surface area contributed by atoms with Crippen LogP contribution in [0.4, 0.5) is 4.79 Å². The minimum Gasteiger partial charge on any atom is -0.340 e. The van der Waals surface area contributed by atoms with E-state index in [0.717, 1.165) is 27.4 Å². The number of rotatable bonds is 3. The number of aryl methyl sites for hydroxylation is 1. The van der Waals surface area contributed by atoms with Crippen molar-refractivity contribution in [2.75, 3.05) is 26.2 Å². The van der Waals surface area contributed by atoms with E-state index in [4.69, 9.17) is 0 Å². The molecule has 0 atom stereocenters. The Hall–Kier alpha value is -3.16. The molecule has 1 fully saturated rings. The monoisotopic (exact) mass is 367 g/mol. The highest BCUT2D eigenvalue weighted by Gasteiger charge is 2.32. The van der Waals surface area contributed by atoms with Crippen LogP contribution in [-0.4, -0.2) is 63.6 Å². The zero-order valence-electron chi connectivity index (χ0n) is 15.1. The highest BCUT2D eigenvalue weighted by molar-refractivity contribution is 6.04. The average molecular weight is 367 g/mol. The molecule has 0 saturated carbocycles. The Morgan fingerprint density at radius 1 is 1.15 bits per heavy atom. The first-order valence-corrected chi connectivity index (χ1v) is 9.00. The lowest BCUT2D eigenvalue weighted by Crippen LogP contribution is -2.44. The van der Waals surface area contributed by atoms with Crippen molar-refractivity contribution in [3.8, 4) is 11.3 Å². The fraction of sp³-hybridized carbons (Fsp3) is 0.368. The van der Waals surface area contributed by atoms with Crippen LogP contribution in [0.5, 0.6) is 0 Å². The molecule has 1 aromatic heterocycles. The lowest BCUT2D eigenvalue weighted by atomic mass is 10.0. The minimum atomic E-state index is -0.498. The van der Waals surface area contributed by atoms with Gasteiger partial charge in [-0.1, -0.05) is 30.3 Å². The van der Waals surface area contributed by atoms with Crippen LogP contribution in [0.3, 0.4) is 0 Å². The van der Waals surface area contributed by atoms with E-state index in [9.17, 15) is 14.4 Å². The van der Waals surface area contributed by atoms with Crippen LogP contribution in [0.15, 0.2) is 30.3 Å². The molecule has 2 aliphatic rings. The predicted molar refractivity (Wildman–Crippen MR) is 97.7 cm³/mol. The molecule has 0 unspecified atom stereocenters. The summed E-state index contributed by atoms with van der Waals surface area (Å²) in [6.07, 6.45) is 1.39. The van der Waals surface area contributed by atoms with Crippen molar-refractivity contribution in [3.63, 3.8) is 0 Å². The molecule has 8 heteroatoms. The molecule has 0 spiro atoms. The molecule has 3 heterocycles. The van der Waals surface area contributed by atoms with E-state index in [1.807, 2.05) is 42.1 Å². The highest BCUT2D eigenvalue weighted by Crippen LogP contribution is 2.28. The molecule has 4 amide bonds. The zero-order valence-corrected chi connectivity index (χ0v) is 15.1. The van der Waals surface area contributed by atoms with Gasteiger partial charge in [-0.05, 0) is 6.42 Å². The standard InChI is InChI=1S/C19H21N5O3/c1-22-15-8-10-23(17(26)12-24-16(25)11-20-19(24)27)9-7-14(15)18(21-22)13-5-3-2-4-6-13/h2-6H,7-12H2,1H3,(H,20,27). The third-order valence-corrected chi connectivity index (χ3v) is 5.16. The molecular weight excluding hydrogens is 346 g/mol. The number of nitrogens with one attached hydrogen (secondary N) is 1. The minimum absolute atomic E-state index is 0.0380. The van der Waals surface area contributed by atoms with Gasteiger partial charge in [0.15, 0.2) is 0 Å². The number of imide groups is 1. The second kappa shape index (κ2) is 6.86. The Balaban J connectivity index is 1.51. The Kier molecular flexibility index (Phi) is 4.39. The van der Waals surface area contributed by atoms with Gasteiger partial charge in [0.05, 0.1) is 12.2 Å². The van der Waals surface area contributed by atoms with Gasteiger partial charge in [0.1, 0.15) is 6.54 Å². The summed E-state index contributed by atoms with van der Waals surface area (Å²) in [4.78, 5) is 38.7. The van der Waals surface area contributed by atoms with E-state index in [2.05, 4.69) is 10.4 Å².